The maximum atomic E-state index is 13.1. The number of ether oxygens (including phenoxy) is 4. The van der Waals surface area contributed by atoms with Gasteiger partial charge < -0.3 is 28.3 Å². The Balaban J connectivity index is 1.37. The Morgan fingerprint density at radius 3 is 2.22 bits per heavy atom. The number of aromatic nitrogens is 4. The van der Waals surface area contributed by atoms with Gasteiger partial charge in [0.1, 0.15) is 29.8 Å². The van der Waals surface area contributed by atoms with Crippen LogP contribution in [0.5, 0.6) is 11.5 Å². The highest BCUT2D eigenvalue weighted by Crippen LogP contribution is 2.45. The summed E-state index contributed by atoms with van der Waals surface area (Å²) in [5.41, 5.74) is 4.28. The van der Waals surface area contributed by atoms with E-state index < -0.39 is 46.7 Å². The lowest BCUT2D eigenvalue weighted by molar-refractivity contribution is -0.118. The number of imidazole rings is 1. The molecule has 6 rings (SSSR count). The molecule has 5 aromatic rings. The first-order chi connectivity index (χ1) is 27.5. The Hall–Kier alpha value is -4.67. The third-order valence-corrected chi connectivity index (χ3v) is 15.6. The Morgan fingerprint density at radius 1 is 1.00 bits per heavy atom. The van der Waals surface area contributed by atoms with Crippen molar-refractivity contribution < 1.29 is 42.2 Å². The van der Waals surface area contributed by atoms with E-state index in [0.717, 1.165) is 39.3 Å². The summed E-state index contributed by atoms with van der Waals surface area (Å²) in [7, 11) is -2.88. The lowest BCUT2D eigenvalue weighted by atomic mass is 9.90. The first-order valence-electron chi connectivity index (χ1n) is 19.0. The summed E-state index contributed by atoms with van der Waals surface area (Å²) in [4.78, 5) is 47.2. The van der Waals surface area contributed by atoms with Crippen LogP contribution in [0.4, 0.5) is 5.95 Å². The quantitative estimate of drug-likeness (QED) is 0.0706. The summed E-state index contributed by atoms with van der Waals surface area (Å²) in [6.07, 6.45) is -2.59. The summed E-state index contributed by atoms with van der Waals surface area (Å²) < 4.78 is 50.7. The summed E-state index contributed by atoms with van der Waals surface area (Å²) in [6.45, 7) is 14.0. The van der Waals surface area contributed by atoms with Gasteiger partial charge in [-0.15, -0.1) is 0 Å². The molecule has 0 aliphatic carbocycles. The zero-order valence-electron chi connectivity index (χ0n) is 34.2. The minimum atomic E-state index is -3.55. The third kappa shape index (κ3) is 9.28. The average molecular weight is 834 g/mol. The first-order valence-corrected chi connectivity index (χ1v) is 23.2. The molecule has 1 amide bonds. The van der Waals surface area contributed by atoms with Crippen LogP contribution in [0, 0.1) is 5.92 Å². The highest BCUT2D eigenvalue weighted by atomic mass is 31.1. The standard InChI is InChI=1S/C41H52N5O10PSi/c1-24(2)37(47)44-40-43-36-33(38(48)45-40)42-23-46(36)39-35(55-57(49)50)34(56-58(8,9)41(3,4)5)31(54-39)22-53-21-27-11-10-12-30(25-13-17-28(51-6)18-14-25)32(27)26-15-19-29(52-7)20-16-26/h10-20,23-24,31,34-35,39,57H,21-22H2,1-9H3,(H,49,50)(H2,43,44,45,47,48)/t31-,34-,35-,39-/m1/s1. The maximum Gasteiger partial charge on any atom is 0.317 e. The molecular formula is C41H52N5O10PSi. The van der Waals surface area contributed by atoms with Gasteiger partial charge in [-0.05, 0) is 70.2 Å². The highest BCUT2D eigenvalue weighted by molar-refractivity contribution is 7.32. The molecule has 1 aliphatic rings. The molecule has 0 radical (unpaired) electrons. The number of carbonyl (C=O) groups excluding carboxylic acids is 1. The van der Waals surface area contributed by atoms with Gasteiger partial charge in [-0.1, -0.05) is 77.1 Å². The molecule has 0 spiro atoms. The van der Waals surface area contributed by atoms with Gasteiger partial charge in [0.2, 0.25) is 11.9 Å². The van der Waals surface area contributed by atoms with Crippen LogP contribution < -0.4 is 20.3 Å². The number of fused-ring (bicyclic) bond motifs is 1. The van der Waals surface area contributed by atoms with Crippen LogP contribution in [0.15, 0.2) is 77.9 Å². The van der Waals surface area contributed by atoms with Gasteiger partial charge >= 0.3 is 8.25 Å². The maximum absolute atomic E-state index is 13.1. The van der Waals surface area contributed by atoms with Crippen molar-refractivity contribution >= 4 is 39.6 Å². The fraction of sp³-hybridized carbons (Fsp3) is 0.415. The Bertz CT molecular complexity index is 2310. The van der Waals surface area contributed by atoms with E-state index in [-0.39, 0.29) is 47.2 Å². The van der Waals surface area contributed by atoms with Crippen LogP contribution >= 0.6 is 8.25 Å². The van der Waals surface area contributed by atoms with E-state index in [2.05, 4.69) is 60.2 Å². The zero-order valence-corrected chi connectivity index (χ0v) is 36.2. The second-order valence-corrected chi connectivity index (χ2v) is 21.5. The molecule has 1 aliphatic heterocycles. The van der Waals surface area contributed by atoms with E-state index in [1.54, 1.807) is 28.1 Å². The predicted octanol–water partition coefficient (Wildman–Crippen LogP) is 7.34. The fourth-order valence-corrected chi connectivity index (χ4v) is 8.32. The molecule has 58 heavy (non-hydrogen) atoms. The normalized spacial score (nSPS) is 19.1. The molecule has 17 heteroatoms. The van der Waals surface area contributed by atoms with Crippen molar-refractivity contribution in [1.29, 1.82) is 0 Å². The molecule has 2 aromatic heterocycles. The summed E-state index contributed by atoms with van der Waals surface area (Å²) in [6, 6.07) is 21.8. The van der Waals surface area contributed by atoms with Crippen LogP contribution in [0.25, 0.3) is 33.4 Å². The lowest BCUT2D eigenvalue weighted by Gasteiger charge is -2.40. The molecule has 1 unspecified atom stereocenters. The van der Waals surface area contributed by atoms with E-state index in [0.29, 0.717) is 0 Å². The summed E-state index contributed by atoms with van der Waals surface area (Å²) in [5, 5.41) is 2.37. The molecule has 5 atom stereocenters. The number of amides is 1. The molecule has 3 N–H and O–H groups in total. The topological polar surface area (TPSA) is 185 Å². The number of hydrogen-bond donors (Lipinski definition) is 3. The molecular weight excluding hydrogens is 782 g/mol. The van der Waals surface area contributed by atoms with Gasteiger partial charge in [-0.2, -0.15) is 4.98 Å². The van der Waals surface area contributed by atoms with Crippen LogP contribution in [-0.2, 0) is 34.4 Å². The van der Waals surface area contributed by atoms with Gasteiger partial charge in [0, 0.05) is 5.92 Å². The fourth-order valence-electron chi connectivity index (χ4n) is 6.52. The Morgan fingerprint density at radius 2 is 1.64 bits per heavy atom. The minimum Gasteiger partial charge on any atom is -0.497 e. The molecule has 0 bridgehead atoms. The number of rotatable bonds is 15. The van der Waals surface area contributed by atoms with Crippen molar-refractivity contribution in [3.63, 3.8) is 0 Å². The molecule has 1 fully saturated rings. The lowest BCUT2D eigenvalue weighted by Crippen LogP contribution is -2.50. The SMILES string of the molecule is COc1ccc(-c2cccc(COC[C@H]3O[C@@H](n4cnc5c(=O)[nH]c(NC(=O)C(C)C)nc54)[C@H](O[PH](=O)O)[C@@H]3O[Si](C)(C)C(C)(C)C)c2-c2ccc(OC)cc2)cc1. The first kappa shape index (κ1) is 42.9. The van der Waals surface area contributed by atoms with E-state index in [9.17, 15) is 19.0 Å². The average Bonchev–Trinajstić information content (AvgIpc) is 3.74. The second kappa shape index (κ2) is 17.7. The molecule has 15 nitrogen and oxygen atoms in total. The monoisotopic (exact) mass is 833 g/mol. The van der Waals surface area contributed by atoms with Gasteiger partial charge in [-0.25, -0.2) is 4.98 Å². The predicted molar refractivity (Wildman–Crippen MR) is 224 cm³/mol. The largest absolute Gasteiger partial charge is 0.497 e. The summed E-state index contributed by atoms with van der Waals surface area (Å²) >= 11 is 0. The molecule has 1 saturated heterocycles. The van der Waals surface area contributed by atoms with Crippen molar-refractivity contribution in [2.45, 2.75) is 83.9 Å². The van der Waals surface area contributed by atoms with Gasteiger partial charge in [-0.3, -0.25) is 33.5 Å². The van der Waals surface area contributed by atoms with E-state index in [4.69, 9.17) is 27.9 Å². The number of anilines is 1. The number of aromatic amines is 1. The van der Waals surface area contributed by atoms with Gasteiger partial charge in [0.25, 0.3) is 5.56 Å². The number of methoxy groups -OCH3 is 2. The number of nitrogens with one attached hydrogen (secondary N) is 2. The summed E-state index contributed by atoms with van der Waals surface area (Å²) in [5.74, 6) is 0.665. The van der Waals surface area contributed by atoms with Crippen LogP contribution in [-0.4, -0.2) is 77.8 Å². The van der Waals surface area contributed by atoms with Crippen molar-refractivity contribution in [2.24, 2.45) is 5.92 Å². The van der Waals surface area contributed by atoms with Crippen LogP contribution in [0.2, 0.25) is 18.1 Å². The smallest absolute Gasteiger partial charge is 0.317 e. The van der Waals surface area contributed by atoms with Crippen molar-refractivity contribution in [3.8, 4) is 33.8 Å². The third-order valence-electron chi connectivity index (χ3n) is 10.7. The van der Waals surface area contributed by atoms with Gasteiger partial charge in [0.05, 0.1) is 33.8 Å². The molecule has 3 aromatic carbocycles. The number of hydrogen-bond acceptors (Lipinski definition) is 11. The van der Waals surface area contributed by atoms with E-state index in [1.165, 1.54) is 10.9 Å². The van der Waals surface area contributed by atoms with E-state index >= 15 is 0 Å². The van der Waals surface area contributed by atoms with Crippen molar-refractivity contribution in [1.82, 2.24) is 19.5 Å². The molecule has 310 valence electrons. The van der Waals surface area contributed by atoms with Crippen molar-refractivity contribution in [3.05, 3.63) is 89.0 Å². The number of H-pyrrole nitrogens is 1. The Kier molecular flexibility index (Phi) is 13.1. The second-order valence-electron chi connectivity index (χ2n) is 16.0. The van der Waals surface area contributed by atoms with Crippen LogP contribution in [0.1, 0.15) is 46.4 Å². The van der Waals surface area contributed by atoms with E-state index in [1.807, 2.05) is 60.7 Å². The molecule has 0 saturated carbocycles. The minimum absolute atomic E-state index is 0.00711. The van der Waals surface area contributed by atoms with Crippen molar-refractivity contribution in [2.75, 3.05) is 26.1 Å². The van der Waals surface area contributed by atoms with Crippen LogP contribution in [0.3, 0.4) is 0 Å². The Labute approximate surface area is 339 Å². The van der Waals surface area contributed by atoms with Gasteiger partial charge in [0.15, 0.2) is 25.7 Å². The zero-order chi connectivity index (χ0) is 41.9. The number of carbonyl (C=O) groups is 1. The molecule has 3 heterocycles. The number of benzene rings is 3. The highest BCUT2D eigenvalue weighted by Gasteiger charge is 2.52. The number of nitrogens with zero attached hydrogens (tertiary/aromatic N) is 3.